The minimum atomic E-state index is -0.0997. The highest BCUT2D eigenvalue weighted by Crippen LogP contribution is 2.18. The number of furan rings is 1. The fraction of sp³-hybridized carbons (Fsp3) is 0.286. The summed E-state index contributed by atoms with van der Waals surface area (Å²) in [6, 6.07) is 5.85. The zero-order chi connectivity index (χ0) is 12.8. The topological polar surface area (TPSA) is 36.6 Å². The molecule has 1 N–H and O–H groups in total. The number of aliphatic hydroxyl groups is 1. The Labute approximate surface area is 111 Å². The average molecular weight is 261 g/mol. The summed E-state index contributed by atoms with van der Waals surface area (Å²) in [5.74, 6) is 6.61. The lowest BCUT2D eigenvalue weighted by molar-refractivity contribution is 0.290. The first-order valence-corrected chi connectivity index (χ1v) is 6.54. The molecule has 0 aliphatic heterocycles. The Balaban J connectivity index is 1.98. The second kappa shape index (κ2) is 6.41. The molecule has 0 saturated heterocycles. The zero-order valence-corrected chi connectivity index (χ0v) is 11.0. The molecule has 2 aromatic heterocycles. The maximum absolute atomic E-state index is 8.72. The van der Waals surface area contributed by atoms with Crippen molar-refractivity contribution >= 4 is 11.3 Å². The summed E-state index contributed by atoms with van der Waals surface area (Å²) < 4.78 is 5.32. The SMILES string of the molecule is CN(Cc1ccco1)Cc1sccc1C#CCO. The van der Waals surface area contributed by atoms with E-state index in [0.29, 0.717) is 0 Å². The van der Waals surface area contributed by atoms with Crippen molar-refractivity contribution in [1.29, 1.82) is 0 Å². The van der Waals surface area contributed by atoms with Crippen molar-refractivity contribution in [2.75, 3.05) is 13.7 Å². The molecule has 0 bridgehead atoms. The van der Waals surface area contributed by atoms with Crippen molar-refractivity contribution in [3.63, 3.8) is 0 Å². The van der Waals surface area contributed by atoms with Gasteiger partial charge in [-0.15, -0.1) is 11.3 Å². The third kappa shape index (κ3) is 3.47. The molecule has 4 heteroatoms. The minimum absolute atomic E-state index is 0.0997. The molecule has 2 aromatic rings. The zero-order valence-electron chi connectivity index (χ0n) is 10.2. The molecule has 0 radical (unpaired) electrons. The molecule has 94 valence electrons. The predicted molar refractivity (Wildman–Crippen MR) is 72.2 cm³/mol. The van der Waals surface area contributed by atoms with Gasteiger partial charge in [-0.25, -0.2) is 0 Å². The quantitative estimate of drug-likeness (QED) is 0.858. The van der Waals surface area contributed by atoms with E-state index in [2.05, 4.69) is 16.7 Å². The maximum Gasteiger partial charge on any atom is 0.117 e. The van der Waals surface area contributed by atoms with Gasteiger partial charge in [-0.1, -0.05) is 11.8 Å². The van der Waals surface area contributed by atoms with Crippen LogP contribution in [0.4, 0.5) is 0 Å². The summed E-state index contributed by atoms with van der Waals surface area (Å²) in [4.78, 5) is 3.39. The summed E-state index contributed by atoms with van der Waals surface area (Å²) in [6.45, 7) is 1.50. The first kappa shape index (κ1) is 12.9. The lowest BCUT2D eigenvalue weighted by Gasteiger charge is -2.14. The second-order valence-electron chi connectivity index (χ2n) is 3.97. The van der Waals surface area contributed by atoms with Gasteiger partial charge in [0.15, 0.2) is 0 Å². The van der Waals surface area contributed by atoms with Crippen LogP contribution < -0.4 is 0 Å². The Morgan fingerprint density at radius 1 is 1.39 bits per heavy atom. The van der Waals surface area contributed by atoms with Crippen LogP contribution in [0.15, 0.2) is 34.3 Å². The molecule has 0 aromatic carbocycles. The molecule has 3 nitrogen and oxygen atoms in total. The minimum Gasteiger partial charge on any atom is -0.468 e. The predicted octanol–water partition coefficient (Wildman–Crippen LogP) is 2.32. The van der Waals surface area contributed by atoms with Crippen LogP contribution in [0.2, 0.25) is 0 Å². The van der Waals surface area contributed by atoms with Crippen LogP contribution in [0, 0.1) is 11.8 Å². The van der Waals surface area contributed by atoms with Gasteiger partial charge < -0.3 is 9.52 Å². The fourth-order valence-electron chi connectivity index (χ4n) is 1.68. The number of hydrogen-bond acceptors (Lipinski definition) is 4. The molecule has 2 heterocycles. The van der Waals surface area contributed by atoms with E-state index in [1.807, 2.05) is 30.6 Å². The first-order chi connectivity index (χ1) is 8.79. The smallest absolute Gasteiger partial charge is 0.117 e. The summed E-state index contributed by atoms with van der Waals surface area (Å²) in [5.41, 5.74) is 1.00. The molecular formula is C14H15NO2S. The van der Waals surface area contributed by atoms with Gasteiger partial charge in [-0.3, -0.25) is 4.90 Å². The molecule has 0 aliphatic carbocycles. The molecule has 0 spiro atoms. The van der Waals surface area contributed by atoms with Gasteiger partial charge in [0.25, 0.3) is 0 Å². The van der Waals surface area contributed by atoms with Crippen molar-refractivity contribution in [1.82, 2.24) is 4.90 Å². The van der Waals surface area contributed by atoms with Crippen molar-refractivity contribution in [3.05, 3.63) is 46.0 Å². The van der Waals surface area contributed by atoms with Crippen molar-refractivity contribution in [2.24, 2.45) is 0 Å². The molecule has 0 unspecified atom stereocenters. The maximum atomic E-state index is 8.72. The van der Waals surface area contributed by atoms with Crippen LogP contribution in [0.25, 0.3) is 0 Å². The van der Waals surface area contributed by atoms with Gasteiger partial charge in [0.1, 0.15) is 12.4 Å². The average Bonchev–Trinajstić information content (AvgIpc) is 2.98. The van der Waals surface area contributed by atoms with Gasteiger partial charge in [-0.05, 0) is 30.6 Å². The monoisotopic (exact) mass is 261 g/mol. The van der Waals surface area contributed by atoms with Gasteiger partial charge >= 0.3 is 0 Å². The molecule has 0 amide bonds. The molecule has 0 fully saturated rings. The Kier molecular flexibility index (Phi) is 4.59. The Bertz CT molecular complexity index is 534. The largest absolute Gasteiger partial charge is 0.468 e. The lowest BCUT2D eigenvalue weighted by Crippen LogP contribution is -2.16. The van der Waals surface area contributed by atoms with E-state index in [1.54, 1.807) is 17.6 Å². The molecule has 18 heavy (non-hydrogen) atoms. The van der Waals surface area contributed by atoms with Gasteiger partial charge in [0, 0.05) is 17.0 Å². The first-order valence-electron chi connectivity index (χ1n) is 5.66. The van der Waals surface area contributed by atoms with Crippen LogP contribution in [0.3, 0.4) is 0 Å². The Morgan fingerprint density at radius 3 is 3.00 bits per heavy atom. The molecule has 2 rings (SSSR count). The van der Waals surface area contributed by atoms with Crippen LogP contribution in [-0.4, -0.2) is 23.7 Å². The highest BCUT2D eigenvalue weighted by molar-refractivity contribution is 7.10. The molecule has 0 aliphatic rings. The van der Waals surface area contributed by atoms with E-state index >= 15 is 0 Å². The van der Waals surface area contributed by atoms with E-state index in [4.69, 9.17) is 9.52 Å². The highest BCUT2D eigenvalue weighted by Gasteiger charge is 2.07. The van der Waals surface area contributed by atoms with Crippen LogP contribution in [0.1, 0.15) is 16.2 Å². The Hall–Kier alpha value is -1.54. The fourth-order valence-corrected chi connectivity index (χ4v) is 2.59. The van der Waals surface area contributed by atoms with E-state index in [-0.39, 0.29) is 6.61 Å². The van der Waals surface area contributed by atoms with Crippen LogP contribution in [-0.2, 0) is 13.1 Å². The lowest BCUT2D eigenvalue weighted by atomic mass is 10.2. The second-order valence-corrected chi connectivity index (χ2v) is 4.97. The van der Waals surface area contributed by atoms with Crippen molar-refractivity contribution in [2.45, 2.75) is 13.1 Å². The highest BCUT2D eigenvalue weighted by atomic mass is 32.1. The summed E-state index contributed by atoms with van der Waals surface area (Å²) in [6.07, 6.45) is 1.69. The van der Waals surface area contributed by atoms with Crippen LogP contribution >= 0.6 is 11.3 Å². The number of rotatable bonds is 4. The number of thiophene rings is 1. The van der Waals surface area contributed by atoms with Gasteiger partial charge in [0.05, 0.1) is 12.8 Å². The van der Waals surface area contributed by atoms with E-state index < -0.39 is 0 Å². The third-order valence-electron chi connectivity index (χ3n) is 2.47. The Morgan fingerprint density at radius 2 is 2.28 bits per heavy atom. The van der Waals surface area contributed by atoms with Gasteiger partial charge in [0.2, 0.25) is 0 Å². The van der Waals surface area contributed by atoms with Crippen molar-refractivity contribution < 1.29 is 9.52 Å². The number of aliphatic hydroxyl groups excluding tert-OH is 1. The van der Waals surface area contributed by atoms with E-state index in [0.717, 1.165) is 24.4 Å². The number of hydrogen-bond donors (Lipinski definition) is 1. The van der Waals surface area contributed by atoms with Crippen LogP contribution in [0.5, 0.6) is 0 Å². The number of nitrogens with zero attached hydrogens (tertiary/aromatic N) is 1. The standard InChI is InChI=1S/C14H15NO2S/c1-15(10-13-5-3-8-17-13)11-14-12(4-2-7-16)6-9-18-14/h3,5-6,8-9,16H,7,10-11H2,1H3. The summed E-state index contributed by atoms with van der Waals surface area (Å²) in [5, 5.41) is 10.7. The normalized spacial score (nSPS) is 10.4. The molecule has 0 atom stereocenters. The van der Waals surface area contributed by atoms with Gasteiger partial charge in [-0.2, -0.15) is 0 Å². The van der Waals surface area contributed by atoms with E-state index in [9.17, 15) is 0 Å². The third-order valence-corrected chi connectivity index (χ3v) is 3.37. The summed E-state index contributed by atoms with van der Waals surface area (Å²) >= 11 is 1.68. The summed E-state index contributed by atoms with van der Waals surface area (Å²) in [7, 11) is 2.05. The molecule has 0 saturated carbocycles. The van der Waals surface area contributed by atoms with Crippen molar-refractivity contribution in [3.8, 4) is 11.8 Å². The van der Waals surface area contributed by atoms with E-state index in [1.165, 1.54) is 4.88 Å². The molecular weight excluding hydrogens is 246 g/mol.